The Morgan fingerprint density at radius 1 is 1.35 bits per heavy atom. The van der Waals surface area contributed by atoms with Crippen molar-refractivity contribution < 1.29 is 5.11 Å². The van der Waals surface area contributed by atoms with Gasteiger partial charge in [-0.05, 0) is 48.8 Å². The third-order valence-corrected chi connectivity index (χ3v) is 4.25. The number of rotatable bonds is 2. The van der Waals surface area contributed by atoms with Crippen LogP contribution in [0.15, 0.2) is 24.3 Å². The van der Waals surface area contributed by atoms with Crippen molar-refractivity contribution in [3.8, 4) is 5.75 Å². The molecule has 1 aromatic carbocycles. The predicted octanol–water partition coefficient (Wildman–Crippen LogP) is 3.09. The number of phenols is 1. The maximum absolute atomic E-state index is 9.50. The van der Waals surface area contributed by atoms with E-state index in [1.807, 2.05) is 12.1 Å². The van der Waals surface area contributed by atoms with Gasteiger partial charge in [-0.3, -0.25) is 0 Å². The first-order valence-corrected chi connectivity index (χ1v) is 6.56. The highest BCUT2D eigenvalue weighted by molar-refractivity contribution is 5.28. The van der Waals surface area contributed by atoms with Gasteiger partial charge in [0.05, 0.1) is 0 Å². The molecule has 1 aliphatic carbocycles. The molecule has 1 aromatic rings. The van der Waals surface area contributed by atoms with Crippen LogP contribution in [0.3, 0.4) is 0 Å². The van der Waals surface area contributed by atoms with Gasteiger partial charge in [-0.1, -0.05) is 32.4 Å². The SMILES string of the molecule is CC1CCC(C)C(N)(Cc2cccc(O)c2)C1. The molecule has 17 heavy (non-hydrogen) atoms. The van der Waals surface area contributed by atoms with Crippen molar-refractivity contribution in [1.29, 1.82) is 0 Å². The van der Waals surface area contributed by atoms with Crippen LogP contribution in [0.5, 0.6) is 5.75 Å². The first-order chi connectivity index (χ1) is 7.99. The number of aromatic hydroxyl groups is 1. The van der Waals surface area contributed by atoms with Crippen LogP contribution >= 0.6 is 0 Å². The summed E-state index contributed by atoms with van der Waals surface area (Å²) in [6.07, 6.45) is 4.47. The smallest absolute Gasteiger partial charge is 0.115 e. The zero-order chi connectivity index (χ0) is 12.5. The average molecular weight is 233 g/mol. The molecule has 2 nitrogen and oxygen atoms in total. The highest BCUT2D eigenvalue weighted by atomic mass is 16.3. The van der Waals surface area contributed by atoms with Crippen molar-refractivity contribution in [1.82, 2.24) is 0 Å². The van der Waals surface area contributed by atoms with E-state index in [0.29, 0.717) is 17.6 Å². The molecule has 3 atom stereocenters. The minimum Gasteiger partial charge on any atom is -0.508 e. The molecule has 0 radical (unpaired) electrons. The summed E-state index contributed by atoms with van der Waals surface area (Å²) in [5.41, 5.74) is 7.63. The van der Waals surface area contributed by atoms with Gasteiger partial charge >= 0.3 is 0 Å². The fraction of sp³-hybridized carbons (Fsp3) is 0.600. The maximum atomic E-state index is 9.50. The van der Waals surface area contributed by atoms with Crippen LogP contribution in [0.2, 0.25) is 0 Å². The molecule has 2 rings (SSSR count). The van der Waals surface area contributed by atoms with Crippen LogP contribution in [-0.4, -0.2) is 10.6 Å². The normalized spacial score (nSPS) is 33.6. The Kier molecular flexibility index (Phi) is 3.43. The molecule has 0 aliphatic heterocycles. The molecule has 1 saturated carbocycles. The molecular formula is C15H23NO. The summed E-state index contributed by atoms with van der Waals surface area (Å²) >= 11 is 0. The lowest BCUT2D eigenvalue weighted by Crippen LogP contribution is -2.51. The quantitative estimate of drug-likeness (QED) is 0.824. The third kappa shape index (κ3) is 2.81. The van der Waals surface area contributed by atoms with Crippen molar-refractivity contribution in [3.05, 3.63) is 29.8 Å². The summed E-state index contributed by atoms with van der Waals surface area (Å²) in [4.78, 5) is 0. The predicted molar refractivity (Wildman–Crippen MR) is 70.9 cm³/mol. The van der Waals surface area contributed by atoms with Gasteiger partial charge in [0.15, 0.2) is 0 Å². The van der Waals surface area contributed by atoms with E-state index in [9.17, 15) is 5.11 Å². The average Bonchev–Trinajstić information content (AvgIpc) is 2.24. The highest BCUT2D eigenvalue weighted by Gasteiger charge is 2.37. The first kappa shape index (κ1) is 12.4. The molecule has 0 amide bonds. The van der Waals surface area contributed by atoms with Gasteiger partial charge in [-0.15, -0.1) is 0 Å². The van der Waals surface area contributed by atoms with E-state index < -0.39 is 0 Å². The number of benzene rings is 1. The summed E-state index contributed by atoms with van der Waals surface area (Å²) in [6, 6.07) is 7.49. The minimum absolute atomic E-state index is 0.106. The molecule has 0 aromatic heterocycles. The van der Waals surface area contributed by atoms with E-state index in [2.05, 4.69) is 19.9 Å². The fourth-order valence-corrected chi connectivity index (χ4v) is 3.07. The molecule has 0 bridgehead atoms. The van der Waals surface area contributed by atoms with Crippen molar-refractivity contribution in [2.24, 2.45) is 17.6 Å². The molecule has 0 heterocycles. The van der Waals surface area contributed by atoms with Crippen LogP contribution in [-0.2, 0) is 6.42 Å². The largest absolute Gasteiger partial charge is 0.508 e. The van der Waals surface area contributed by atoms with Crippen molar-refractivity contribution in [2.75, 3.05) is 0 Å². The van der Waals surface area contributed by atoms with E-state index in [1.165, 1.54) is 12.8 Å². The Morgan fingerprint density at radius 2 is 2.12 bits per heavy atom. The van der Waals surface area contributed by atoms with Crippen molar-refractivity contribution in [3.63, 3.8) is 0 Å². The van der Waals surface area contributed by atoms with E-state index in [1.54, 1.807) is 6.07 Å². The zero-order valence-corrected chi connectivity index (χ0v) is 10.8. The van der Waals surface area contributed by atoms with Gasteiger partial charge < -0.3 is 10.8 Å². The van der Waals surface area contributed by atoms with Gasteiger partial charge in [0.2, 0.25) is 0 Å². The van der Waals surface area contributed by atoms with Crippen LogP contribution in [0, 0.1) is 11.8 Å². The summed E-state index contributed by atoms with van der Waals surface area (Å²) in [5.74, 6) is 1.61. The van der Waals surface area contributed by atoms with Crippen LogP contribution in [0.25, 0.3) is 0 Å². The lowest BCUT2D eigenvalue weighted by atomic mass is 9.68. The van der Waals surface area contributed by atoms with Crippen LogP contribution in [0.1, 0.15) is 38.7 Å². The fourth-order valence-electron chi connectivity index (χ4n) is 3.07. The highest BCUT2D eigenvalue weighted by Crippen LogP contribution is 2.37. The second-order valence-electron chi connectivity index (χ2n) is 5.87. The number of phenolic OH excluding ortho intramolecular Hbond substituents is 1. The van der Waals surface area contributed by atoms with Gasteiger partial charge in [0, 0.05) is 5.54 Å². The first-order valence-electron chi connectivity index (χ1n) is 6.56. The minimum atomic E-state index is -0.106. The van der Waals surface area contributed by atoms with Crippen molar-refractivity contribution >= 4 is 0 Å². The van der Waals surface area contributed by atoms with Crippen LogP contribution < -0.4 is 5.73 Å². The molecule has 2 heteroatoms. The maximum Gasteiger partial charge on any atom is 0.115 e. The topological polar surface area (TPSA) is 46.2 Å². The Bertz CT molecular complexity index is 390. The third-order valence-electron chi connectivity index (χ3n) is 4.25. The second kappa shape index (κ2) is 4.69. The van der Waals surface area contributed by atoms with Crippen LogP contribution in [0.4, 0.5) is 0 Å². The van der Waals surface area contributed by atoms with Gasteiger partial charge in [-0.25, -0.2) is 0 Å². The Hall–Kier alpha value is -1.02. The van der Waals surface area contributed by atoms with Crippen molar-refractivity contribution in [2.45, 2.75) is 45.1 Å². The monoisotopic (exact) mass is 233 g/mol. The lowest BCUT2D eigenvalue weighted by Gasteiger charge is -2.42. The Labute approximate surface area is 104 Å². The molecule has 94 valence electrons. The van der Waals surface area contributed by atoms with E-state index in [0.717, 1.165) is 18.4 Å². The molecule has 0 saturated heterocycles. The summed E-state index contributed by atoms with van der Waals surface area (Å²) < 4.78 is 0. The number of hydrogen-bond acceptors (Lipinski definition) is 2. The standard InChI is InChI=1S/C15H23NO/c1-11-6-7-12(2)15(16,9-11)10-13-4-3-5-14(17)8-13/h3-5,8,11-12,17H,6-7,9-10,16H2,1-2H3. The molecular weight excluding hydrogens is 210 g/mol. The second-order valence-corrected chi connectivity index (χ2v) is 5.87. The Balaban J connectivity index is 2.15. The molecule has 1 aliphatic rings. The summed E-state index contributed by atoms with van der Waals surface area (Å²) in [5, 5.41) is 9.50. The zero-order valence-electron chi connectivity index (χ0n) is 10.8. The summed E-state index contributed by atoms with van der Waals surface area (Å²) in [6.45, 7) is 4.55. The lowest BCUT2D eigenvalue weighted by molar-refractivity contribution is 0.161. The van der Waals surface area contributed by atoms with Gasteiger partial charge in [0.1, 0.15) is 5.75 Å². The molecule has 3 N–H and O–H groups in total. The number of hydrogen-bond donors (Lipinski definition) is 2. The van der Waals surface area contributed by atoms with Gasteiger partial charge in [-0.2, -0.15) is 0 Å². The van der Waals surface area contributed by atoms with E-state index in [-0.39, 0.29) is 5.54 Å². The van der Waals surface area contributed by atoms with Gasteiger partial charge in [0.25, 0.3) is 0 Å². The molecule has 3 unspecified atom stereocenters. The van der Waals surface area contributed by atoms with E-state index >= 15 is 0 Å². The number of nitrogens with two attached hydrogens (primary N) is 1. The molecule has 1 fully saturated rings. The Morgan fingerprint density at radius 3 is 2.82 bits per heavy atom. The molecule has 0 spiro atoms. The summed E-state index contributed by atoms with van der Waals surface area (Å²) in [7, 11) is 0. The van der Waals surface area contributed by atoms with E-state index in [4.69, 9.17) is 5.73 Å².